The molecule has 4 saturated carbocycles. The second kappa shape index (κ2) is 12.2. The number of likely N-dealkylation sites (N-methyl/N-ethyl adjacent to an activating group) is 1. The predicted octanol–water partition coefficient (Wildman–Crippen LogP) is -0.721. The van der Waals surface area contributed by atoms with Gasteiger partial charge in [-0.1, -0.05) is 20.3 Å². The summed E-state index contributed by atoms with van der Waals surface area (Å²) in [5, 5.41) is 0. The zero-order valence-corrected chi connectivity index (χ0v) is 28.8. The summed E-state index contributed by atoms with van der Waals surface area (Å²) in [4.78, 5) is 15.2. The Morgan fingerprint density at radius 1 is 0.895 bits per heavy atom. The van der Waals surface area contributed by atoms with E-state index in [0.29, 0.717) is 17.4 Å². The number of hydrogen-bond donors (Lipinski definition) is 0. The van der Waals surface area contributed by atoms with E-state index in [-0.39, 0.29) is 65.4 Å². The first-order chi connectivity index (χ1) is 17.2. The lowest BCUT2D eigenvalue weighted by atomic mass is 9.45. The molecule has 2 aliphatic heterocycles. The van der Waals surface area contributed by atoms with Gasteiger partial charge < -0.3 is 66.8 Å². The van der Waals surface area contributed by atoms with Crippen LogP contribution >= 0.6 is 0 Å². The normalized spacial score (nSPS) is 46.4. The zero-order chi connectivity index (χ0) is 25.1. The van der Waals surface area contributed by atoms with Gasteiger partial charge in [-0.15, -0.1) is 0 Å². The van der Waals surface area contributed by atoms with E-state index in [1.165, 1.54) is 83.7 Å². The highest BCUT2D eigenvalue weighted by Crippen LogP contribution is 2.67. The van der Waals surface area contributed by atoms with E-state index in [4.69, 9.17) is 9.47 Å². The molecule has 4 unspecified atom stereocenters. The Balaban J connectivity index is 0.00000168. The number of piperidine rings is 1. The van der Waals surface area contributed by atoms with Gasteiger partial charge >= 0.3 is 5.97 Å². The van der Waals surface area contributed by atoms with Crippen LogP contribution in [0.15, 0.2) is 0 Å². The van der Waals surface area contributed by atoms with Gasteiger partial charge in [0.25, 0.3) is 0 Å². The Bertz CT molecular complexity index is 832. The second-order valence-electron chi connectivity index (χ2n) is 14.6. The molecule has 2 heterocycles. The van der Waals surface area contributed by atoms with Crippen molar-refractivity contribution in [3.63, 3.8) is 0 Å². The second-order valence-corrected chi connectivity index (χ2v) is 14.6. The maximum atomic E-state index is 12.4. The van der Waals surface area contributed by atoms with Crippen LogP contribution in [0.5, 0.6) is 0 Å². The van der Waals surface area contributed by atoms with Crippen LogP contribution in [-0.2, 0) is 14.3 Å². The van der Waals surface area contributed by atoms with E-state index >= 15 is 0 Å². The lowest BCUT2D eigenvalue weighted by Crippen LogP contribution is -3.00. The summed E-state index contributed by atoms with van der Waals surface area (Å²) in [6.45, 7) is 13.3. The minimum Gasteiger partial charge on any atom is -1.00 e. The number of fused-ring (bicyclic) bond motifs is 5. The fraction of sp³-hybridized carbons (Fsp3) is 0.968. The van der Waals surface area contributed by atoms with Gasteiger partial charge in [0, 0.05) is 24.8 Å². The van der Waals surface area contributed by atoms with Crippen molar-refractivity contribution in [1.29, 1.82) is 0 Å². The van der Waals surface area contributed by atoms with Crippen molar-refractivity contribution in [3.05, 3.63) is 0 Å². The molecule has 0 bridgehead atoms. The molecule has 0 N–H and O–H groups in total. The number of nitrogens with zero attached hydrogens (tertiary/aromatic N) is 2. The summed E-state index contributed by atoms with van der Waals surface area (Å²) >= 11 is 0. The van der Waals surface area contributed by atoms with Crippen LogP contribution in [0.2, 0.25) is 0 Å². The fourth-order valence-corrected chi connectivity index (χ4v) is 10.9. The third-order valence-electron chi connectivity index (χ3n) is 13.1. The van der Waals surface area contributed by atoms with Gasteiger partial charge in [-0.3, -0.25) is 4.79 Å². The number of likely N-dealkylation sites (tertiary alicyclic amines) is 1. The van der Waals surface area contributed by atoms with E-state index in [2.05, 4.69) is 25.8 Å². The van der Waals surface area contributed by atoms with Gasteiger partial charge in [-0.05, 0) is 100.0 Å². The predicted molar refractivity (Wildman–Crippen MR) is 142 cm³/mol. The molecule has 0 aromatic heterocycles. The lowest BCUT2D eigenvalue weighted by molar-refractivity contribution is -0.942. The molecule has 6 fully saturated rings. The molecule has 6 aliphatic rings. The van der Waals surface area contributed by atoms with E-state index < -0.39 is 0 Å². The van der Waals surface area contributed by atoms with Crippen molar-refractivity contribution < 1.29 is 66.7 Å². The van der Waals surface area contributed by atoms with Crippen molar-refractivity contribution in [1.82, 2.24) is 4.90 Å². The van der Waals surface area contributed by atoms with Crippen molar-refractivity contribution in [2.45, 2.75) is 110 Å². The van der Waals surface area contributed by atoms with Crippen LogP contribution < -0.4 is 48.0 Å². The number of quaternary nitrogens is 1. The smallest absolute Gasteiger partial charge is 0.303 e. The summed E-state index contributed by atoms with van der Waals surface area (Å²) in [7, 11) is 2.42. The summed E-state index contributed by atoms with van der Waals surface area (Å²) in [6, 6.07) is 1.27. The molecular formula is C31H53I2N2O3-. The SMILES string of the molecule is CC(=O)O[C@H]1[C@@H]([N+]2(C)CCOCC2)CC2C3CCC4C[C@@H](N5CCCCC5)CC[C@]4(C)C3CC[C@@]21C.[I-].[I-]. The van der Waals surface area contributed by atoms with Gasteiger partial charge in [0.1, 0.15) is 19.1 Å². The Hall–Kier alpha value is 0.810. The molecule has 2 saturated heterocycles. The molecule has 0 aromatic carbocycles. The number of halogens is 2. The molecule has 38 heavy (non-hydrogen) atoms. The summed E-state index contributed by atoms with van der Waals surface area (Å²) < 4.78 is 13.1. The van der Waals surface area contributed by atoms with Crippen LogP contribution in [0.1, 0.15) is 91.4 Å². The van der Waals surface area contributed by atoms with E-state index in [0.717, 1.165) is 54.6 Å². The monoisotopic (exact) mass is 755 g/mol. The number of rotatable bonds is 3. The Morgan fingerprint density at radius 2 is 1.58 bits per heavy atom. The van der Waals surface area contributed by atoms with Crippen LogP contribution in [0.4, 0.5) is 0 Å². The van der Waals surface area contributed by atoms with Crippen LogP contribution in [-0.4, -0.2) is 80.0 Å². The summed E-state index contributed by atoms with van der Waals surface area (Å²) in [5.74, 6) is 3.20. The Morgan fingerprint density at radius 3 is 2.26 bits per heavy atom. The van der Waals surface area contributed by atoms with Crippen molar-refractivity contribution >= 4 is 5.97 Å². The van der Waals surface area contributed by atoms with Gasteiger partial charge in [-0.2, -0.15) is 0 Å². The van der Waals surface area contributed by atoms with Crippen LogP contribution in [0.3, 0.4) is 0 Å². The van der Waals surface area contributed by atoms with Gasteiger partial charge in [0.15, 0.2) is 6.10 Å². The van der Waals surface area contributed by atoms with Crippen LogP contribution in [0.25, 0.3) is 0 Å². The Kier molecular flexibility index (Phi) is 10.2. The number of carbonyl (C=O) groups excluding carboxylic acids is 1. The molecule has 6 rings (SSSR count). The highest BCUT2D eigenvalue weighted by Gasteiger charge is 2.66. The minimum atomic E-state index is -0.0828. The van der Waals surface area contributed by atoms with Gasteiger partial charge in [0.05, 0.1) is 20.3 Å². The number of ether oxygens (including phenoxy) is 2. The zero-order valence-electron chi connectivity index (χ0n) is 24.4. The lowest BCUT2D eigenvalue weighted by Gasteiger charge is -2.61. The number of esters is 1. The fourth-order valence-electron chi connectivity index (χ4n) is 10.9. The number of carbonyl (C=O) groups is 1. The Labute approximate surface area is 266 Å². The third kappa shape index (κ3) is 5.36. The van der Waals surface area contributed by atoms with Gasteiger partial charge in [0.2, 0.25) is 0 Å². The maximum absolute atomic E-state index is 12.4. The molecule has 0 aromatic rings. The van der Waals surface area contributed by atoms with E-state index in [1.54, 1.807) is 6.92 Å². The largest absolute Gasteiger partial charge is 1.00 e. The molecule has 9 atom stereocenters. The average molecular weight is 756 g/mol. The first-order valence-corrected chi connectivity index (χ1v) is 15.6. The molecule has 220 valence electrons. The summed E-state index contributed by atoms with van der Waals surface area (Å²) in [6.07, 6.45) is 15.3. The number of hydrogen-bond acceptors (Lipinski definition) is 4. The molecule has 7 heteroatoms. The third-order valence-corrected chi connectivity index (χ3v) is 13.1. The molecule has 4 aliphatic carbocycles. The highest BCUT2D eigenvalue weighted by molar-refractivity contribution is 5.66. The average Bonchev–Trinajstić information content (AvgIpc) is 3.17. The van der Waals surface area contributed by atoms with E-state index in [1.807, 2.05) is 0 Å². The topological polar surface area (TPSA) is 38.8 Å². The maximum Gasteiger partial charge on any atom is 0.303 e. The van der Waals surface area contributed by atoms with Crippen molar-refractivity contribution in [2.24, 2.45) is 34.5 Å². The number of morpholine rings is 1. The van der Waals surface area contributed by atoms with Crippen LogP contribution in [0, 0.1) is 34.5 Å². The first kappa shape index (κ1) is 31.7. The quantitative estimate of drug-likeness (QED) is 0.217. The molecular weight excluding hydrogens is 702 g/mol. The summed E-state index contributed by atoms with van der Waals surface area (Å²) in [5.41, 5.74) is 0.647. The van der Waals surface area contributed by atoms with Crippen molar-refractivity contribution in [2.75, 3.05) is 46.4 Å². The molecule has 0 radical (unpaired) electrons. The first-order valence-electron chi connectivity index (χ1n) is 15.6. The molecule has 5 nitrogen and oxygen atoms in total. The molecule has 0 spiro atoms. The molecule has 0 amide bonds. The standard InChI is InChI=1S/C31H53N2O3.2HI/c1-22(34)36-29-28(33(4)16-18-35-19-17-33)21-27-25-9-8-23-20-24(32-14-6-5-7-15-32)10-12-30(23,2)26(25)11-13-31(27,29)3;;/h23-29H,5-21H2,1-4H3;2*1H/q+1;;/p-2/t23?,24-,25?,26?,27?,28-,29-,30-,31-;;/m0../s1. The van der Waals surface area contributed by atoms with E-state index in [9.17, 15) is 4.79 Å². The minimum absolute atomic E-state index is 0. The van der Waals surface area contributed by atoms with Gasteiger partial charge in [-0.25, -0.2) is 0 Å². The highest BCUT2D eigenvalue weighted by atomic mass is 127. The van der Waals surface area contributed by atoms with Crippen molar-refractivity contribution in [3.8, 4) is 0 Å².